The summed E-state index contributed by atoms with van der Waals surface area (Å²) in [6, 6.07) is 4.09. The zero-order valence-corrected chi connectivity index (χ0v) is 11.2. The first-order valence-corrected chi connectivity index (χ1v) is 6.57. The van der Waals surface area contributed by atoms with E-state index in [0.717, 1.165) is 37.9 Å². The van der Waals surface area contributed by atoms with Crippen LogP contribution in [0.25, 0.3) is 0 Å². The first-order chi connectivity index (χ1) is 8.17. The summed E-state index contributed by atoms with van der Waals surface area (Å²) in [4.78, 5) is 11.8. The Morgan fingerprint density at radius 3 is 2.71 bits per heavy atom. The topological polar surface area (TPSA) is 34.0 Å². The number of hydrogen-bond donors (Lipinski definition) is 1. The fourth-order valence-corrected chi connectivity index (χ4v) is 1.95. The Hall–Kier alpha value is -1.09. The van der Waals surface area contributed by atoms with Crippen molar-refractivity contribution in [2.24, 2.45) is 0 Å². The highest BCUT2D eigenvalue weighted by Gasteiger charge is 2.08. The zero-order valence-electron chi connectivity index (χ0n) is 11.2. The highest BCUT2D eigenvalue weighted by atomic mass is 16.1. The van der Waals surface area contributed by atoms with Crippen LogP contribution < -0.4 is 10.9 Å². The Balaban J connectivity index is 2.67. The van der Waals surface area contributed by atoms with E-state index in [1.54, 1.807) is 10.6 Å². The Kier molecular flexibility index (Phi) is 5.98. The Morgan fingerprint density at radius 1 is 1.35 bits per heavy atom. The van der Waals surface area contributed by atoms with E-state index in [2.05, 4.69) is 19.2 Å². The predicted molar refractivity (Wildman–Crippen MR) is 72.4 cm³/mol. The number of rotatable bonds is 7. The molecule has 1 N–H and O–H groups in total. The summed E-state index contributed by atoms with van der Waals surface area (Å²) in [6.45, 7) is 8.08. The highest BCUT2D eigenvalue weighted by molar-refractivity contribution is 5.08. The van der Waals surface area contributed by atoms with Gasteiger partial charge in [0.2, 0.25) is 0 Å². The van der Waals surface area contributed by atoms with E-state index in [4.69, 9.17) is 0 Å². The van der Waals surface area contributed by atoms with Gasteiger partial charge in [-0.15, -0.1) is 0 Å². The molecule has 1 aromatic heterocycles. The lowest BCUT2D eigenvalue weighted by Gasteiger charge is -2.19. The summed E-state index contributed by atoms with van der Waals surface area (Å²) in [6.07, 6.45) is 5.28. The summed E-state index contributed by atoms with van der Waals surface area (Å²) in [7, 11) is 0. The molecule has 96 valence electrons. The summed E-state index contributed by atoms with van der Waals surface area (Å²) in [5.74, 6) is 0. The molecule has 0 aliphatic carbocycles. The summed E-state index contributed by atoms with van der Waals surface area (Å²) in [5.41, 5.74) is 1.13. The molecule has 0 aliphatic heterocycles. The third kappa shape index (κ3) is 4.73. The Labute approximate surface area is 104 Å². The van der Waals surface area contributed by atoms with Crippen LogP contribution in [0, 0.1) is 6.92 Å². The first-order valence-electron chi connectivity index (χ1n) is 6.57. The maximum atomic E-state index is 11.8. The van der Waals surface area contributed by atoms with Crippen LogP contribution in [0.1, 0.15) is 38.7 Å². The van der Waals surface area contributed by atoms with Crippen molar-refractivity contribution in [2.45, 2.75) is 52.6 Å². The first kappa shape index (κ1) is 14.0. The molecule has 0 saturated carbocycles. The van der Waals surface area contributed by atoms with E-state index in [1.807, 2.05) is 19.2 Å². The molecule has 17 heavy (non-hydrogen) atoms. The minimum absolute atomic E-state index is 0.101. The van der Waals surface area contributed by atoms with Crippen molar-refractivity contribution in [1.29, 1.82) is 0 Å². The molecule has 1 aromatic rings. The number of nitrogens with one attached hydrogen (secondary N) is 1. The van der Waals surface area contributed by atoms with E-state index in [1.165, 1.54) is 0 Å². The third-order valence-electron chi connectivity index (χ3n) is 2.89. The van der Waals surface area contributed by atoms with E-state index in [0.29, 0.717) is 6.04 Å². The van der Waals surface area contributed by atoms with Gasteiger partial charge in [0.1, 0.15) is 0 Å². The van der Waals surface area contributed by atoms with Gasteiger partial charge in [-0.25, -0.2) is 0 Å². The van der Waals surface area contributed by atoms with Crippen molar-refractivity contribution < 1.29 is 0 Å². The number of pyridine rings is 1. The monoisotopic (exact) mass is 236 g/mol. The van der Waals surface area contributed by atoms with Crippen LogP contribution in [0.3, 0.4) is 0 Å². The quantitative estimate of drug-likeness (QED) is 0.788. The van der Waals surface area contributed by atoms with Crippen LogP contribution in [0.15, 0.2) is 23.1 Å². The van der Waals surface area contributed by atoms with Gasteiger partial charge in [0.15, 0.2) is 0 Å². The molecule has 1 rings (SSSR count). The van der Waals surface area contributed by atoms with Crippen molar-refractivity contribution in [1.82, 2.24) is 9.88 Å². The molecule has 0 radical (unpaired) electrons. The Bertz CT molecular complexity index is 384. The molecule has 0 bridgehead atoms. The number of hydrogen-bond acceptors (Lipinski definition) is 2. The fourth-order valence-electron chi connectivity index (χ4n) is 1.95. The molecule has 0 aromatic carbocycles. The maximum Gasteiger partial charge on any atom is 0.250 e. The van der Waals surface area contributed by atoms with Crippen molar-refractivity contribution in [2.75, 3.05) is 6.54 Å². The van der Waals surface area contributed by atoms with Crippen LogP contribution in [-0.2, 0) is 6.54 Å². The molecule has 1 heterocycles. The van der Waals surface area contributed by atoms with Gasteiger partial charge in [0.25, 0.3) is 5.56 Å². The average Bonchev–Trinajstić information content (AvgIpc) is 2.29. The number of aromatic nitrogens is 1. The zero-order chi connectivity index (χ0) is 12.7. The molecule has 0 saturated heterocycles. The molecule has 3 heteroatoms. The molecular formula is C14H24N2O. The average molecular weight is 236 g/mol. The van der Waals surface area contributed by atoms with Crippen LogP contribution >= 0.6 is 0 Å². The number of nitrogens with zero attached hydrogens (tertiary/aromatic N) is 1. The van der Waals surface area contributed by atoms with Gasteiger partial charge in [0.05, 0.1) is 0 Å². The second kappa shape index (κ2) is 7.28. The second-order valence-corrected chi connectivity index (χ2v) is 4.63. The maximum absolute atomic E-state index is 11.8. The highest BCUT2D eigenvalue weighted by Crippen LogP contribution is 2.00. The van der Waals surface area contributed by atoms with Gasteiger partial charge in [-0.3, -0.25) is 4.79 Å². The minimum atomic E-state index is 0.101. The van der Waals surface area contributed by atoms with Crippen LogP contribution in [0.2, 0.25) is 0 Å². The van der Waals surface area contributed by atoms with Crippen molar-refractivity contribution in [3.8, 4) is 0 Å². The summed E-state index contributed by atoms with van der Waals surface area (Å²) < 4.78 is 1.80. The largest absolute Gasteiger partial charge is 0.314 e. The number of aryl methyl sites for hydroxylation is 1. The lowest BCUT2D eigenvalue weighted by atomic mass is 10.1. The molecular weight excluding hydrogens is 212 g/mol. The van der Waals surface area contributed by atoms with Gasteiger partial charge in [0, 0.05) is 24.8 Å². The van der Waals surface area contributed by atoms with Crippen molar-refractivity contribution >= 4 is 0 Å². The molecule has 1 unspecified atom stereocenters. The third-order valence-corrected chi connectivity index (χ3v) is 2.89. The van der Waals surface area contributed by atoms with E-state index >= 15 is 0 Å². The van der Waals surface area contributed by atoms with Crippen LogP contribution in [0.5, 0.6) is 0 Å². The van der Waals surface area contributed by atoms with Crippen molar-refractivity contribution in [3.05, 3.63) is 34.2 Å². The Morgan fingerprint density at radius 2 is 2.12 bits per heavy atom. The molecule has 0 aliphatic rings. The van der Waals surface area contributed by atoms with E-state index in [-0.39, 0.29) is 5.56 Å². The fraction of sp³-hybridized carbons (Fsp3) is 0.643. The van der Waals surface area contributed by atoms with E-state index < -0.39 is 0 Å². The molecule has 1 atom stereocenters. The molecule has 0 amide bonds. The predicted octanol–water partition coefficient (Wildman–Crippen LogP) is 2.33. The molecule has 3 nitrogen and oxygen atoms in total. The standard InChI is InChI=1S/C14H24N2O/c1-4-6-13(15-8-5-2)11-16-9-7-12(3)10-14(16)17/h7,9-10,13,15H,4-6,8,11H2,1-3H3. The van der Waals surface area contributed by atoms with Gasteiger partial charge in [-0.1, -0.05) is 20.3 Å². The van der Waals surface area contributed by atoms with Gasteiger partial charge < -0.3 is 9.88 Å². The molecule has 0 spiro atoms. The lowest BCUT2D eigenvalue weighted by molar-refractivity contribution is 0.415. The van der Waals surface area contributed by atoms with Gasteiger partial charge in [-0.05, 0) is 37.9 Å². The SMILES string of the molecule is CCCNC(CCC)Cn1ccc(C)cc1=O. The van der Waals surface area contributed by atoms with E-state index in [9.17, 15) is 4.79 Å². The van der Waals surface area contributed by atoms with Crippen LogP contribution in [-0.4, -0.2) is 17.2 Å². The summed E-state index contributed by atoms with van der Waals surface area (Å²) in [5, 5.41) is 3.50. The normalized spacial score (nSPS) is 12.6. The minimum Gasteiger partial charge on any atom is -0.314 e. The van der Waals surface area contributed by atoms with Crippen molar-refractivity contribution in [3.63, 3.8) is 0 Å². The lowest BCUT2D eigenvalue weighted by Crippen LogP contribution is -2.36. The molecule has 0 fully saturated rings. The smallest absolute Gasteiger partial charge is 0.250 e. The van der Waals surface area contributed by atoms with Gasteiger partial charge >= 0.3 is 0 Å². The van der Waals surface area contributed by atoms with Crippen LogP contribution in [0.4, 0.5) is 0 Å². The second-order valence-electron chi connectivity index (χ2n) is 4.63. The van der Waals surface area contributed by atoms with Gasteiger partial charge in [-0.2, -0.15) is 0 Å². The summed E-state index contributed by atoms with van der Waals surface area (Å²) >= 11 is 0.